The van der Waals surface area contributed by atoms with Gasteiger partial charge >= 0.3 is 6.03 Å². The van der Waals surface area contributed by atoms with Crippen molar-refractivity contribution in [1.82, 2.24) is 19.6 Å². The Kier molecular flexibility index (Phi) is 7.71. The molecular formula is C26H40N4O2. The van der Waals surface area contributed by atoms with Crippen molar-refractivity contribution in [3.8, 4) is 0 Å². The van der Waals surface area contributed by atoms with Gasteiger partial charge in [-0.1, -0.05) is 44.2 Å². The fraction of sp³-hybridized carbons (Fsp3) is 0.692. The molecular weight excluding hydrogens is 400 g/mol. The van der Waals surface area contributed by atoms with Crippen LogP contribution in [0, 0.1) is 5.92 Å². The summed E-state index contributed by atoms with van der Waals surface area (Å²) >= 11 is 0. The van der Waals surface area contributed by atoms with E-state index in [4.69, 9.17) is 0 Å². The maximum absolute atomic E-state index is 13.6. The van der Waals surface area contributed by atoms with Gasteiger partial charge in [-0.15, -0.1) is 0 Å². The maximum Gasteiger partial charge on any atom is 0.319 e. The minimum Gasteiger partial charge on any atom is -0.337 e. The minimum absolute atomic E-state index is 0.0601. The molecule has 0 N–H and O–H groups in total. The van der Waals surface area contributed by atoms with Crippen molar-refractivity contribution >= 4 is 11.9 Å². The van der Waals surface area contributed by atoms with E-state index < -0.39 is 0 Å². The van der Waals surface area contributed by atoms with E-state index in [1.165, 1.54) is 5.56 Å². The molecule has 3 amide bonds. The van der Waals surface area contributed by atoms with Gasteiger partial charge < -0.3 is 14.7 Å². The molecule has 3 saturated heterocycles. The van der Waals surface area contributed by atoms with Crippen LogP contribution in [0.4, 0.5) is 4.79 Å². The van der Waals surface area contributed by atoms with Gasteiger partial charge in [0.2, 0.25) is 5.91 Å². The SMILES string of the molecule is CC[C@@H]1CN(C(=O)C2CCN(C(=O)N3CCCC3)CC2)[C@@H](CC)CN1Cc1ccccc1. The number of urea groups is 1. The minimum atomic E-state index is 0.0601. The fourth-order valence-corrected chi connectivity index (χ4v) is 5.69. The Hall–Kier alpha value is -2.08. The molecule has 3 heterocycles. The normalized spacial score (nSPS) is 25.4. The Bertz CT molecular complexity index is 756. The van der Waals surface area contributed by atoms with E-state index in [1.807, 2.05) is 9.80 Å². The van der Waals surface area contributed by atoms with Crippen molar-refractivity contribution < 1.29 is 9.59 Å². The average Bonchev–Trinajstić information content (AvgIpc) is 3.38. The van der Waals surface area contributed by atoms with E-state index in [0.717, 1.165) is 71.2 Å². The Morgan fingerprint density at radius 2 is 1.47 bits per heavy atom. The number of nitrogens with zero attached hydrogens (tertiary/aromatic N) is 4. The van der Waals surface area contributed by atoms with E-state index in [9.17, 15) is 9.59 Å². The van der Waals surface area contributed by atoms with Crippen LogP contribution < -0.4 is 0 Å². The first-order valence-electron chi connectivity index (χ1n) is 12.7. The lowest BCUT2D eigenvalue weighted by molar-refractivity contribution is -0.144. The van der Waals surface area contributed by atoms with Gasteiger partial charge in [0, 0.05) is 63.8 Å². The summed E-state index contributed by atoms with van der Waals surface area (Å²) in [5.41, 5.74) is 1.34. The zero-order chi connectivity index (χ0) is 22.5. The van der Waals surface area contributed by atoms with Crippen molar-refractivity contribution in [2.24, 2.45) is 5.92 Å². The third-order valence-corrected chi connectivity index (χ3v) is 7.76. The highest BCUT2D eigenvalue weighted by molar-refractivity contribution is 5.80. The molecule has 1 aromatic carbocycles. The highest BCUT2D eigenvalue weighted by atomic mass is 16.2. The van der Waals surface area contributed by atoms with Crippen molar-refractivity contribution in [3.63, 3.8) is 0 Å². The molecule has 0 radical (unpaired) electrons. The molecule has 2 atom stereocenters. The van der Waals surface area contributed by atoms with Gasteiger partial charge in [0.1, 0.15) is 0 Å². The highest BCUT2D eigenvalue weighted by Gasteiger charge is 2.39. The second kappa shape index (κ2) is 10.7. The third kappa shape index (κ3) is 5.11. The van der Waals surface area contributed by atoms with Crippen LogP contribution in [0.2, 0.25) is 0 Å². The van der Waals surface area contributed by atoms with Gasteiger partial charge in [-0.3, -0.25) is 9.69 Å². The number of hydrogen-bond acceptors (Lipinski definition) is 3. The smallest absolute Gasteiger partial charge is 0.319 e. The van der Waals surface area contributed by atoms with Crippen LogP contribution in [0.25, 0.3) is 0 Å². The molecule has 3 aliphatic heterocycles. The topological polar surface area (TPSA) is 47.1 Å². The number of hydrogen-bond donors (Lipinski definition) is 0. The van der Waals surface area contributed by atoms with Gasteiger partial charge in [-0.25, -0.2) is 4.79 Å². The summed E-state index contributed by atoms with van der Waals surface area (Å²) in [7, 11) is 0. The predicted octanol–water partition coefficient (Wildman–Crippen LogP) is 3.82. The number of benzene rings is 1. The molecule has 0 bridgehead atoms. The lowest BCUT2D eigenvalue weighted by Crippen LogP contribution is -2.60. The summed E-state index contributed by atoms with van der Waals surface area (Å²) in [6.07, 6.45) is 5.88. The largest absolute Gasteiger partial charge is 0.337 e. The van der Waals surface area contributed by atoms with Crippen LogP contribution in [-0.4, -0.2) is 82.9 Å². The summed E-state index contributed by atoms with van der Waals surface area (Å²) in [4.78, 5) is 35.0. The Morgan fingerprint density at radius 1 is 0.844 bits per heavy atom. The van der Waals surface area contributed by atoms with Gasteiger partial charge in [-0.05, 0) is 44.1 Å². The molecule has 0 spiro atoms. The van der Waals surface area contributed by atoms with Crippen molar-refractivity contribution in [2.45, 2.75) is 71.0 Å². The maximum atomic E-state index is 13.6. The van der Waals surface area contributed by atoms with Gasteiger partial charge in [0.15, 0.2) is 0 Å². The average molecular weight is 441 g/mol. The molecule has 0 saturated carbocycles. The molecule has 3 aliphatic rings. The number of carbonyl (C=O) groups excluding carboxylic acids is 2. The summed E-state index contributed by atoms with van der Waals surface area (Å²) in [6, 6.07) is 11.5. The lowest BCUT2D eigenvalue weighted by Gasteiger charge is -2.47. The van der Waals surface area contributed by atoms with Crippen molar-refractivity contribution in [3.05, 3.63) is 35.9 Å². The molecule has 0 unspecified atom stereocenters. The Labute approximate surface area is 193 Å². The van der Waals surface area contributed by atoms with Crippen LogP contribution in [0.5, 0.6) is 0 Å². The standard InChI is InChI=1S/C26H40N4O2/c1-3-23-20-30(24(4-2)19-29(23)18-21-10-6-5-7-11-21)25(31)22-12-16-28(17-13-22)26(32)27-14-8-9-15-27/h5-7,10-11,22-24H,3-4,8-9,12-20H2,1-2H3/t23-,24+/m1/s1. The first-order valence-corrected chi connectivity index (χ1v) is 12.7. The first kappa shape index (κ1) is 23.1. The van der Waals surface area contributed by atoms with E-state index in [2.05, 4.69) is 54.0 Å². The van der Waals surface area contributed by atoms with Gasteiger partial charge in [-0.2, -0.15) is 0 Å². The van der Waals surface area contributed by atoms with Gasteiger partial charge in [0.25, 0.3) is 0 Å². The zero-order valence-corrected chi connectivity index (χ0v) is 19.9. The quantitative estimate of drug-likeness (QED) is 0.699. The number of rotatable bonds is 5. The van der Waals surface area contributed by atoms with E-state index >= 15 is 0 Å². The van der Waals surface area contributed by atoms with Crippen LogP contribution in [0.3, 0.4) is 0 Å². The molecule has 6 heteroatoms. The number of piperazine rings is 1. The summed E-state index contributed by atoms with van der Waals surface area (Å²) in [5, 5.41) is 0. The monoisotopic (exact) mass is 440 g/mol. The lowest BCUT2D eigenvalue weighted by atomic mass is 9.92. The highest BCUT2D eigenvalue weighted by Crippen LogP contribution is 2.27. The summed E-state index contributed by atoms with van der Waals surface area (Å²) in [6.45, 7) is 10.4. The molecule has 6 nitrogen and oxygen atoms in total. The molecule has 4 rings (SSSR count). The van der Waals surface area contributed by atoms with Crippen molar-refractivity contribution in [2.75, 3.05) is 39.3 Å². The van der Waals surface area contributed by atoms with Crippen LogP contribution in [0.1, 0.15) is 57.9 Å². The van der Waals surface area contributed by atoms with E-state index in [1.54, 1.807) is 0 Å². The molecule has 32 heavy (non-hydrogen) atoms. The molecule has 0 aliphatic carbocycles. The number of carbonyl (C=O) groups is 2. The number of likely N-dealkylation sites (tertiary alicyclic amines) is 2. The predicted molar refractivity (Wildman–Crippen MR) is 127 cm³/mol. The number of amides is 3. The van der Waals surface area contributed by atoms with Crippen LogP contribution in [-0.2, 0) is 11.3 Å². The Balaban J connectivity index is 1.35. The molecule has 176 valence electrons. The number of piperidine rings is 1. The molecule has 0 aromatic heterocycles. The second-order valence-corrected chi connectivity index (χ2v) is 9.77. The van der Waals surface area contributed by atoms with Gasteiger partial charge in [0.05, 0.1) is 0 Å². The van der Waals surface area contributed by atoms with E-state index in [0.29, 0.717) is 25.0 Å². The van der Waals surface area contributed by atoms with Crippen molar-refractivity contribution in [1.29, 1.82) is 0 Å². The third-order valence-electron chi connectivity index (χ3n) is 7.76. The van der Waals surface area contributed by atoms with Crippen LogP contribution >= 0.6 is 0 Å². The fourth-order valence-electron chi connectivity index (χ4n) is 5.69. The summed E-state index contributed by atoms with van der Waals surface area (Å²) in [5.74, 6) is 0.382. The van der Waals surface area contributed by atoms with E-state index in [-0.39, 0.29) is 18.0 Å². The zero-order valence-electron chi connectivity index (χ0n) is 19.9. The second-order valence-electron chi connectivity index (χ2n) is 9.77. The Morgan fingerprint density at radius 3 is 2.09 bits per heavy atom. The molecule has 3 fully saturated rings. The first-order chi connectivity index (χ1) is 15.6. The molecule has 1 aromatic rings. The summed E-state index contributed by atoms with van der Waals surface area (Å²) < 4.78 is 0. The van der Waals surface area contributed by atoms with Crippen LogP contribution in [0.15, 0.2) is 30.3 Å².